The third-order valence-electron chi connectivity index (χ3n) is 2.08. The van der Waals surface area contributed by atoms with E-state index in [1.807, 2.05) is 17.8 Å². The Morgan fingerprint density at radius 2 is 2.36 bits per heavy atom. The lowest BCUT2D eigenvalue weighted by atomic mass is 10.2. The molecule has 2 N–H and O–H groups in total. The monoisotopic (exact) mass is 192 g/mol. The Balaban J connectivity index is 2.38. The van der Waals surface area contributed by atoms with E-state index in [9.17, 15) is 0 Å². The summed E-state index contributed by atoms with van der Waals surface area (Å²) in [5.74, 6) is 0.715. The molecule has 0 amide bonds. The van der Waals surface area contributed by atoms with Crippen LogP contribution < -0.4 is 5.73 Å². The van der Waals surface area contributed by atoms with E-state index in [1.165, 1.54) is 0 Å². The van der Waals surface area contributed by atoms with Crippen LogP contribution in [0.3, 0.4) is 0 Å². The predicted octanol–water partition coefficient (Wildman–Crippen LogP) is 1.02. The minimum Gasteiger partial charge on any atom is -0.356 e. The predicted molar refractivity (Wildman–Crippen MR) is 51.3 cm³/mol. The zero-order chi connectivity index (χ0) is 9.97. The van der Waals surface area contributed by atoms with Gasteiger partial charge in [0.25, 0.3) is 0 Å². The number of nitrogens with zero attached hydrogens (tertiary/aromatic N) is 3. The maximum Gasteiger partial charge on any atom is 0.174 e. The van der Waals surface area contributed by atoms with Gasteiger partial charge in [-0.2, -0.15) is 5.10 Å². The van der Waals surface area contributed by atoms with E-state index in [-0.39, 0.29) is 0 Å². The molecular weight excluding hydrogens is 180 g/mol. The van der Waals surface area contributed by atoms with Crippen LogP contribution in [-0.2, 0) is 13.1 Å². The van der Waals surface area contributed by atoms with Crippen molar-refractivity contribution in [3.63, 3.8) is 0 Å². The molecule has 0 bridgehead atoms. The molecule has 14 heavy (non-hydrogen) atoms. The summed E-state index contributed by atoms with van der Waals surface area (Å²) in [4.78, 5) is 0. The van der Waals surface area contributed by atoms with E-state index >= 15 is 0 Å². The third kappa shape index (κ3) is 1.42. The first-order valence-electron chi connectivity index (χ1n) is 4.51. The highest BCUT2D eigenvalue weighted by Crippen LogP contribution is 2.22. The quantitative estimate of drug-likeness (QED) is 0.788. The van der Waals surface area contributed by atoms with Crippen molar-refractivity contribution < 1.29 is 4.52 Å². The fourth-order valence-electron chi connectivity index (χ4n) is 1.30. The van der Waals surface area contributed by atoms with Crippen molar-refractivity contribution in [1.82, 2.24) is 14.9 Å². The average Bonchev–Trinajstić information content (AvgIpc) is 2.85. The number of aryl methyl sites for hydroxylation is 1. The molecule has 0 spiro atoms. The number of rotatable bonds is 3. The van der Waals surface area contributed by atoms with Crippen LogP contribution in [0.1, 0.15) is 12.5 Å². The average molecular weight is 192 g/mol. The molecule has 0 radical (unpaired) electrons. The second kappa shape index (κ2) is 3.63. The molecule has 0 aliphatic rings. The molecule has 2 aromatic rings. The van der Waals surface area contributed by atoms with Gasteiger partial charge in [-0.3, -0.25) is 4.68 Å². The SMILES string of the molecule is CCn1cc(-c2oncc2CN)cn1. The zero-order valence-electron chi connectivity index (χ0n) is 7.97. The van der Waals surface area contributed by atoms with Crippen LogP contribution in [0.2, 0.25) is 0 Å². The topological polar surface area (TPSA) is 69.9 Å². The molecule has 0 fully saturated rings. The van der Waals surface area contributed by atoms with Crippen LogP contribution in [0.25, 0.3) is 11.3 Å². The Labute approximate surface area is 81.5 Å². The molecule has 0 aliphatic heterocycles. The summed E-state index contributed by atoms with van der Waals surface area (Å²) in [7, 11) is 0. The summed E-state index contributed by atoms with van der Waals surface area (Å²) in [6, 6.07) is 0. The first-order chi connectivity index (χ1) is 6.85. The van der Waals surface area contributed by atoms with E-state index in [1.54, 1.807) is 12.4 Å². The van der Waals surface area contributed by atoms with Crippen molar-refractivity contribution in [3.05, 3.63) is 24.2 Å². The molecule has 0 aromatic carbocycles. The van der Waals surface area contributed by atoms with Crippen molar-refractivity contribution >= 4 is 0 Å². The molecule has 0 unspecified atom stereocenters. The highest BCUT2D eigenvalue weighted by Gasteiger charge is 2.10. The van der Waals surface area contributed by atoms with Crippen LogP contribution in [0.4, 0.5) is 0 Å². The van der Waals surface area contributed by atoms with Crippen LogP contribution in [0.5, 0.6) is 0 Å². The second-order valence-electron chi connectivity index (χ2n) is 2.97. The maximum atomic E-state index is 5.54. The van der Waals surface area contributed by atoms with Crippen LogP contribution >= 0.6 is 0 Å². The van der Waals surface area contributed by atoms with Gasteiger partial charge in [0.1, 0.15) is 0 Å². The lowest BCUT2D eigenvalue weighted by Crippen LogP contribution is -1.95. The highest BCUT2D eigenvalue weighted by molar-refractivity contribution is 5.58. The van der Waals surface area contributed by atoms with Crippen molar-refractivity contribution in [1.29, 1.82) is 0 Å². The Morgan fingerprint density at radius 3 is 3.00 bits per heavy atom. The smallest absolute Gasteiger partial charge is 0.174 e. The summed E-state index contributed by atoms with van der Waals surface area (Å²) in [5, 5.41) is 7.87. The van der Waals surface area contributed by atoms with Crippen LogP contribution in [0.15, 0.2) is 23.1 Å². The molecule has 0 saturated carbocycles. The van der Waals surface area contributed by atoms with Gasteiger partial charge in [0, 0.05) is 24.8 Å². The number of aromatic nitrogens is 3. The minimum absolute atomic E-state index is 0.427. The Morgan fingerprint density at radius 1 is 1.50 bits per heavy atom. The zero-order valence-corrected chi connectivity index (χ0v) is 7.97. The Kier molecular flexibility index (Phi) is 2.32. The summed E-state index contributed by atoms with van der Waals surface area (Å²) in [5.41, 5.74) is 7.37. The van der Waals surface area contributed by atoms with E-state index in [0.717, 1.165) is 17.7 Å². The molecule has 2 rings (SSSR count). The number of nitrogens with two attached hydrogens (primary N) is 1. The van der Waals surface area contributed by atoms with Crippen LogP contribution in [-0.4, -0.2) is 14.9 Å². The molecule has 0 saturated heterocycles. The lowest BCUT2D eigenvalue weighted by Gasteiger charge is -1.93. The van der Waals surface area contributed by atoms with Gasteiger partial charge in [-0.05, 0) is 6.92 Å². The summed E-state index contributed by atoms with van der Waals surface area (Å²) < 4.78 is 6.95. The van der Waals surface area contributed by atoms with Gasteiger partial charge in [0.05, 0.1) is 18.0 Å². The normalized spacial score (nSPS) is 10.7. The first-order valence-corrected chi connectivity index (χ1v) is 4.51. The summed E-state index contributed by atoms with van der Waals surface area (Å²) >= 11 is 0. The van der Waals surface area contributed by atoms with Gasteiger partial charge in [-0.15, -0.1) is 0 Å². The van der Waals surface area contributed by atoms with Crippen molar-refractivity contribution in [2.75, 3.05) is 0 Å². The second-order valence-corrected chi connectivity index (χ2v) is 2.97. The van der Waals surface area contributed by atoms with Crippen molar-refractivity contribution in [3.8, 4) is 11.3 Å². The molecule has 2 heterocycles. The van der Waals surface area contributed by atoms with E-state index < -0.39 is 0 Å². The van der Waals surface area contributed by atoms with Gasteiger partial charge in [0.2, 0.25) is 0 Å². The lowest BCUT2D eigenvalue weighted by molar-refractivity contribution is 0.431. The fraction of sp³-hybridized carbons (Fsp3) is 0.333. The Hall–Kier alpha value is -1.62. The molecule has 74 valence electrons. The van der Waals surface area contributed by atoms with Crippen molar-refractivity contribution in [2.24, 2.45) is 5.73 Å². The molecule has 2 aromatic heterocycles. The molecule has 0 atom stereocenters. The first kappa shape index (κ1) is 8.96. The number of hydrogen-bond acceptors (Lipinski definition) is 4. The van der Waals surface area contributed by atoms with E-state index in [0.29, 0.717) is 12.3 Å². The van der Waals surface area contributed by atoms with E-state index in [4.69, 9.17) is 10.3 Å². The van der Waals surface area contributed by atoms with Crippen LogP contribution in [0, 0.1) is 0 Å². The molecule has 5 nitrogen and oxygen atoms in total. The largest absolute Gasteiger partial charge is 0.356 e. The van der Waals surface area contributed by atoms with Gasteiger partial charge in [-0.25, -0.2) is 0 Å². The Bertz CT molecular complexity index is 418. The molecular formula is C9H12N4O. The third-order valence-corrected chi connectivity index (χ3v) is 2.08. The van der Waals surface area contributed by atoms with Gasteiger partial charge >= 0.3 is 0 Å². The van der Waals surface area contributed by atoms with E-state index in [2.05, 4.69) is 10.3 Å². The summed E-state index contributed by atoms with van der Waals surface area (Å²) in [6.07, 6.45) is 5.31. The van der Waals surface area contributed by atoms with Gasteiger partial charge in [-0.1, -0.05) is 5.16 Å². The minimum atomic E-state index is 0.427. The standard InChI is InChI=1S/C9H12N4O/c1-2-13-6-8(4-11-13)9-7(3-10)5-12-14-9/h4-6H,2-3,10H2,1H3. The molecule has 5 heteroatoms. The van der Waals surface area contributed by atoms with Crippen molar-refractivity contribution in [2.45, 2.75) is 20.0 Å². The number of hydrogen-bond donors (Lipinski definition) is 1. The van der Waals surface area contributed by atoms with Gasteiger partial charge < -0.3 is 10.3 Å². The fourth-order valence-corrected chi connectivity index (χ4v) is 1.30. The summed E-state index contributed by atoms with van der Waals surface area (Å²) in [6.45, 7) is 3.29. The maximum absolute atomic E-state index is 5.54. The molecule has 0 aliphatic carbocycles. The highest BCUT2D eigenvalue weighted by atomic mass is 16.5. The van der Waals surface area contributed by atoms with Gasteiger partial charge in [0.15, 0.2) is 5.76 Å².